The number of carbonyl (C=O) groups excluding carboxylic acids is 1. The molecule has 0 aliphatic carbocycles. The Hall–Kier alpha value is -1.56. The van der Waals surface area contributed by atoms with Crippen LogP contribution in [-0.2, 0) is 7.05 Å². The van der Waals surface area contributed by atoms with Crippen molar-refractivity contribution in [3.63, 3.8) is 0 Å². The summed E-state index contributed by atoms with van der Waals surface area (Å²) in [6.07, 6.45) is 2.27. The van der Waals surface area contributed by atoms with E-state index in [2.05, 4.69) is 15.3 Å². The molecule has 1 aromatic rings. The van der Waals surface area contributed by atoms with Crippen LogP contribution in [0.4, 0.5) is 5.82 Å². The molecule has 1 aliphatic heterocycles. The van der Waals surface area contributed by atoms with Crippen LogP contribution in [0.15, 0.2) is 0 Å². The van der Waals surface area contributed by atoms with Crippen molar-refractivity contribution in [3.8, 4) is 0 Å². The fraction of sp³-hybridized carbons (Fsp3) is 0.667. The molecule has 1 amide bonds. The summed E-state index contributed by atoms with van der Waals surface area (Å²) in [5.41, 5.74) is 6.72. The van der Waals surface area contributed by atoms with Crippen molar-refractivity contribution >= 4 is 11.7 Å². The normalized spacial score (nSPS) is 20.2. The van der Waals surface area contributed by atoms with Gasteiger partial charge in [0, 0.05) is 26.2 Å². The molecule has 0 radical (unpaired) electrons. The summed E-state index contributed by atoms with van der Waals surface area (Å²) in [6, 6.07) is 0.453. The van der Waals surface area contributed by atoms with Gasteiger partial charge in [-0.1, -0.05) is 0 Å². The van der Waals surface area contributed by atoms with E-state index in [1.807, 2.05) is 21.0 Å². The van der Waals surface area contributed by atoms with Crippen molar-refractivity contribution in [3.05, 3.63) is 11.3 Å². The number of piperidine rings is 1. The van der Waals surface area contributed by atoms with Gasteiger partial charge in [-0.2, -0.15) is 5.10 Å². The summed E-state index contributed by atoms with van der Waals surface area (Å²) in [5.74, 6) is 0.446. The highest BCUT2D eigenvalue weighted by atomic mass is 16.1. The summed E-state index contributed by atoms with van der Waals surface area (Å²) < 4.78 is 1.76. The molecular formula is C12H21N5O. The zero-order chi connectivity index (χ0) is 13.3. The van der Waals surface area contributed by atoms with Gasteiger partial charge >= 0.3 is 0 Å². The molecule has 2 heterocycles. The summed E-state index contributed by atoms with van der Waals surface area (Å²) >= 11 is 0. The molecule has 1 fully saturated rings. The SMILES string of the molecule is CNC1CCCN(c2c(C(N)=O)c(C)nn2C)C1. The smallest absolute Gasteiger partial charge is 0.254 e. The third-order valence-corrected chi connectivity index (χ3v) is 3.57. The number of aryl methyl sites for hydroxylation is 2. The van der Waals surface area contributed by atoms with E-state index in [0.29, 0.717) is 17.3 Å². The van der Waals surface area contributed by atoms with Crippen molar-refractivity contribution in [1.29, 1.82) is 0 Å². The molecule has 0 bridgehead atoms. The molecule has 2 rings (SSSR count). The van der Waals surface area contributed by atoms with Crippen LogP contribution in [0.3, 0.4) is 0 Å². The first-order chi connectivity index (χ1) is 8.54. The molecule has 3 N–H and O–H groups in total. The van der Waals surface area contributed by atoms with Crippen LogP contribution in [0, 0.1) is 6.92 Å². The van der Waals surface area contributed by atoms with Crippen LogP contribution in [0.1, 0.15) is 28.9 Å². The number of rotatable bonds is 3. The van der Waals surface area contributed by atoms with Gasteiger partial charge in [0.25, 0.3) is 5.91 Å². The molecule has 0 saturated carbocycles. The minimum Gasteiger partial charge on any atom is -0.365 e. The molecule has 0 aromatic carbocycles. The minimum atomic E-state index is -0.401. The molecule has 6 heteroatoms. The average Bonchev–Trinajstić information content (AvgIpc) is 2.64. The topological polar surface area (TPSA) is 76.2 Å². The number of nitrogens with two attached hydrogens (primary N) is 1. The van der Waals surface area contributed by atoms with Gasteiger partial charge in [-0.15, -0.1) is 0 Å². The lowest BCUT2D eigenvalue weighted by atomic mass is 10.1. The largest absolute Gasteiger partial charge is 0.365 e. The molecule has 1 aliphatic rings. The molecule has 100 valence electrons. The van der Waals surface area contributed by atoms with E-state index in [0.717, 1.165) is 31.7 Å². The zero-order valence-corrected chi connectivity index (χ0v) is 11.2. The van der Waals surface area contributed by atoms with Crippen molar-refractivity contribution < 1.29 is 4.79 Å². The fourth-order valence-corrected chi connectivity index (χ4v) is 2.70. The first-order valence-electron chi connectivity index (χ1n) is 6.30. The predicted octanol–water partition coefficient (Wildman–Crippen LogP) is 0.0156. The van der Waals surface area contributed by atoms with E-state index in [4.69, 9.17) is 5.73 Å². The summed E-state index contributed by atoms with van der Waals surface area (Å²) in [4.78, 5) is 13.8. The standard InChI is InChI=1S/C12H21N5O/c1-8-10(11(13)18)12(16(3)15-8)17-6-4-5-9(7-17)14-2/h9,14H,4-7H2,1-3H3,(H2,13,18). The third kappa shape index (κ3) is 2.20. The maximum atomic E-state index is 11.6. The molecule has 1 aromatic heterocycles. The molecule has 1 saturated heterocycles. The Kier molecular flexibility index (Phi) is 3.56. The number of likely N-dealkylation sites (N-methyl/N-ethyl adjacent to an activating group) is 1. The Bertz CT molecular complexity index is 454. The van der Waals surface area contributed by atoms with Gasteiger partial charge in [-0.25, -0.2) is 0 Å². The van der Waals surface area contributed by atoms with Crippen molar-refractivity contribution in [1.82, 2.24) is 15.1 Å². The summed E-state index contributed by atoms with van der Waals surface area (Å²) in [7, 11) is 3.83. The first kappa shape index (κ1) is 12.9. The highest BCUT2D eigenvalue weighted by Gasteiger charge is 2.26. The van der Waals surface area contributed by atoms with Gasteiger partial charge in [0.2, 0.25) is 0 Å². The first-order valence-corrected chi connectivity index (χ1v) is 6.30. The highest BCUT2D eigenvalue weighted by molar-refractivity contribution is 5.99. The molecule has 0 spiro atoms. The van der Waals surface area contributed by atoms with Crippen LogP contribution in [-0.4, -0.2) is 41.9 Å². The van der Waals surface area contributed by atoms with Gasteiger partial charge in [0.05, 0.1) is 5.69 Å². The van der Waals surface area contributed by atoms with Crippen molar-refractivity contribution in [2.24, 2.45) is 12.8 Å². The van der Waals surface area contributed by atoms with E-state index in [1.165, 1.54) is 0 Å². The maximum absolute atomic E-state index is 11.6. The number of nitrogens with one attached hydrogen (secondary N) is 1. The van der Waals surface area contributed by atoms with Crippen LogP contribution >= 0.6 is 0 Å². The number of anilines is 1. The van der Waals surface area contributed by atoms with Gasteiger partial charge in [0.1, 0.15) is 11.4 Å². The molecule has 1 unspecified atom stereocenters. The maximum Gasteiger partial charge on any atom is 0.254 e. The summed E-state index contributed by atoms with van der Waals surface area (Å²) in [6.45, 7) is 3.65. The van der Waals surface area contributed by atoms with Crippen LogP contribution in [0.2, 0.25) is 0 Å². The number of hydrogen-bond donors (Lipinski definition) is 2. The average molecular weight is 251 g/mol. The monoisotopic (exact) mass is 251 g/mol. The van der Waals surface area contributed by atoms with Crippen LogP contribution in [0.25, 0.3) is 0 Å². The Balaban J connectivity index is 2.35. The highest BCUT2D eigenvalue weighted by Crippen LogP contribution is 2.25. The Morgan fingerprint density at radius 2 is 2.28 bits per heavy atom. The van der Waals surface area contributed by atoms with Gasteiger partial charge in [0.15, 0.2) is 0 Å². The summed E-state index contributed by atoms with van der Waals surface area (Å²) in [5, 5.41) is 7.60. The van der Waals surface area contributed by atoms with E-state index in [-0.39, 0.29) is 0 Å². The van der Waals surface area contributed by atoms with Gasteiger partial charge in [-0.3, -0.25) is 9.48 Å². The third-order valence-electron chi connectivity index (χ3n) is 3.57. The molecule has 1 atom stereocenters. The van der Waals surface area contributed by atoms with Gasteiger partial charge < -0.3 is 16.0 Å². The van der Waals surface area contributed by atoms with E-state index >= 15 is 0 Å². The van der Waals surface area contributed by atoms with Crippen LogP contribution in [0.5, 0.6) is 0 Å². The van der Waals surface area contributed by atoms with Crippen molar-refractivity contribution in [2.75, 3.05) is 25.0 Å². The fourth-order valence-electron chi connectivity index (χ4n) is 2.70. The Morgan fingerprint density at radius 3 is 2.89 bits per heavy atom. The Labute approximate surface area is 107 Å². The van der Waals surface area contributed by atoms with E-state index in [9.17, 15) is 4.79 Å². The number of amides is 1. The number of primary amides is 1. The zero-order valence-electron chi connectivity index (χ0n) is 11.2. The van der Waals surface area contributed by atoms with Gasteiger partial charge in [-0.05, 0) is 26.8 Å². The second-order valence-corrected chi connectivity index (χ2v) is 4.85. The lowest BCUT2D eigenvalue weighted by molar-refractivity contribution is 0.1000. The predicted molar refractivity (Wildman–Crippen MR) is 70.8 cm³/mol. The Morgan fingerprint density at radius 1 is 1.56 bits per heavy atom. The van der Waals surface area contributed by atoms with E-state index < -0.39 is 5.91 Å². The second-order valence-electron chi connectivity index (χ2n) is 4.85. The van der Waals surface area contributed by atoms with Crippen molar-refractivity contribution in [2.45, 2.75) is 25.8 Å². The van der Waals surface area contributed by atoms with Crippen LogP contribution < -0.4 is 16.0 Å². The molecule has 18 heavy (non-hydrogen) atoms. The quantitative estimate of drug-likeness (QED) is 0.794. The number of hydrogen-bond acceptors (Lipinski definition) is 4. The number of nitrogens with zero attached hydrogens (tertiary/aromatic N) is 3. The minimum absolute atomic E-state index is 0.401. The lowest BCUT2D eigenvalue weighted by Crippen LogP contribution is -2.45. The number of carbonyl (C=O) groups is 1. The number of aromatic nitrogens is 2. The lowest BCUT2D eigenvalue weighted by Gasteiger charge is -2.34. The molecular weight excluding hydrogens is 230 g/mol. The van der Waals surface area contributed by atoms with E-state index in [1.54, 1.807) is 4.68 Å². The molecule has 6 nitrogen and oxygen atoms in total. The second kappa shape index (κ2) is 4.97.